The van der Waals surface area contributed by atoms with E-state index < -0.39 is 6.09 Å². The van der Waals surface area contributed by atoms with Crippen molar-refractivity contribution < 1.29 is 9.53 Å². The smallest absolute Gasteiger partial charge is 0.410 e. The fourth-order valence-corrected chi connectivity index (χ4v) is 3.52. The number of amides is 1. The van der Waals surface area contributed by atoms with E-state index in [1.54, 1.807) is 7.05 Å². The van der Waals surface area contributed by atoms with Gasteiger partial charge in [-0.1, -0.05) is 12.1 Å². The topological polar surface area (TPSA) is 41.6 Å². The van der Waals surface area contributed by atoms with Crippen LogP contribution in [0.1, 0.15) is 30.0 Å². The molecule has 0 aromatic heterocycles. The van der Waals surface area contributed by atoms with Crippen LogP contribution in [0.25, 0.3) is 0 Å². The average molecular weight is 260 g/mol. The molecule has 0 saturated carbocycles. The van der Waals surface area contributed by atoms with E-state index in [1.807, 2.05) is 12.1 Å². The zero-order valence-electron chi connectivity index (χ0n) is 11.5. The molecule has 1 heterocycles. The van der Waals surface area contributed by atoms with Gasteiger partial charge in [-0.05, 0) is 56.0 Å². The molecule has 1 amide bonds. The van der Waals surface area contributed by atoms with Crippen molar-refractivity contribution in [2.75, 3.05) is 20.6 Å². The maximum atomic E-state index is 11.4. The molecule has 0 radical (unpaired) electrons. The number of nitrogens with zero attached hydrogens (tertiary/aromatic N) is 1. The van der Waals surface area contributed by atoms with E-state index in [9.17, 15) is 4.79 Å². The van der Waals surface area contributed by atoms with Crippen molar-refractivity contribution in [2.45, 2.75) is 25.3 Å². The Kier molecular flexibility index (Phi) is 3.19. The van der Waals surface area contributed by atoms with Crippen LogP contribution in [0.15, 0.2) is 18.2 Å². The number of likely N-dealkylation sites (tertiary alicyclic amines) is 1. The highest BCUT2D eigenvalue weighted by molar-refractivity contribution is 5.70. The van der Waals surface area contributed by atoms with Crippen LogP contribution in [0, 0.1) is 5.92 Å². The second kappa shape index (κ2) is 4.85. The summed E-state index contributed by atoms with van der Waals surface area (Å²) in [5, 5.41) is 2.50. The Balaban J connectivity index is 1.97. The zero-order chi connectivity index (χ0) is 13.4. The molecule has 1 aromatic carbocycles. The van der Waals surface area contributed by atoms with E-state index in [-0.39, 0.29) is 0 Å². The van der Waals surface area contributed by atoms with E-state index in [0.717, 1.165) is 24.6 Å². The predicted octanol–water partition coefficient (Wildman–Crippen LogP) is 2.34. The lowest BCUT2D eigenvalue weighted by molar-refractivity contribution is 0.201. The van der Waals surface area contributed by atoms with Gasteiger partial charge in [-0.15, -0.1) is 0 Å². The third kappa shape index (κ3) is 2.10. The fourth-order valence-electron chi connectivity index (χ4n) is 3.52. The van der Waals surface area contributed by atoms with Gasteiger partial charge in [-0.2, -0.15) is 0 Å². The minimum absolute atomic E-state index is 0.393. The molecule has 1 aliphatic heterocycles. The van der Waals surface area contributed by atoms with Gasteiger partial charge >= 0.3 is 6.09 Å². The zero-order valence-corrected chi connectivity index (χ0v) is 11.5. The summed E-state index contributed by atoms with van der Waals surface area (Å²) in [6.07, 6.45) is 3.09. The maximum absolute atomic E-state index is 11.4. The summed E-state index contributed by atoms with van der Waals surface area (Å²) >= 11 is 0. The molecule has 1 aliphatic carbocycles. The normalized spacial score (nSPS) is 25.6. The third-order valence-electron chi connectivity index (χ3n) is 4.43. The van der Waals surface area contributed by atoms with Gasteiger partial charge in [0.25, 0.3) is 0 Å². The third-order valence-corrected chi connectivity index (χ3v) is 4.43. The first-order chi connectivity index (χ1) is 9.20. The van der Waals surface area contributed by atoms with Crippen molar-refractivity contribution in [3.8, 4) is 5.75 Å². The standard InChI is InChI=1S/C15H20N2O2/c1-16-15(18)19-13-5-3-4-12-11(13)7-6-10-8-9-17(2)14(10)12/h3-5,10,14H,6-9H2,1-2H3,(H,16,18)/t10-,14+/m1/s1. The van der Waals surface area contributed by atoms with Crippen LogP contribution < -0.4 is 10.1 Å². The van der Waals surface area contributed by atoms with Crippen LogP contribution in [0.2, 0.25) is 0 Å². The van der Waals surface area contributed by atoms with Crippen LogP contribution in [-0.2, 0) is 6.42 Å². The average Bonchev–Trinajstić information content (AvgIpc) is 2.81. The predicted molar refractivity (Wildman–Crippen MR) is 73.3 cm³/mol. The summed E-state index contributed by atoms with van der Waals surface area (Å²) < 4.78 is 5.38. The fraction of sp³-hybridized carbons (Fsp3) is 0.533. The molecular formula is C15H20N2O2. The first-order valence-electron chi connectivity index (χ1n) is 6.92. The molecule has 4 nitrogen and oxygen atoms in total. The van der Waals surface area contributed by atoms with Crippen molar-refractivity contribution in [1.29, 1.82) is 0 Å². The highest BCUT2D eigenvalue weighted by Gasteiger charge is 2.37. The van der Waals surface area contributed by atoms with Crippen molar-refractivity contribution in [3.63, 3.8) is 0 Å². The van der Waals surface area contributed by atoms with Gasteiger partial charge in [0.15, 0.2) is 0 Å². The van der Waals surface area contributed by atoms with Gasteiger partial charge in [0.2, 0.25) is 0 Å². The molecule has 1 fully saturated rings. The Bertz CT molecular complexity index is 501. The number of nitrogens with one attached hydrogen (secondary N) is 1. The molecule has 1 N–H and O–H groups in total. The Morgan fingerprint density at radius 2 is 2.26 bits per heavy atom. The summed E-state index contributed by atoms with van der Waals surface area (Å²) in [7, 11) is 3.77. The summed E-state index contributed by atoms with van der Waals surface area (Å²) in [6.45, 7) is 1.16. The Morgan fingerprint density at radius 3 is 3.05 bits per heavy atom. The molecule has 0 spiro atoms. The Hall–Kier alpha value is -1.55. The molecule has 102 valence electrons. The molecule has 4 heteroatoms. The molecule has 1 aromatic rings. The van der Waals surface area contributed by atoms with Gasteiger partial charge in [-0.3, -0.25) is 4.90 Å². The molecule has 2 aliphatic rings. The second-order valence-corrected chi connectivity index (χ2v) is 5.48. The number of ether oxygens (including phenoxy) is 1. The number of carbonyl (C=O) groups is 1. The van der Waals surface area contributed by atoms with Crippen molar-refractivity contribution >= 4 is 6.09 Å². The summed E-state index contributed by atoms with van der Waals surface area (Å²) in [5.74, 6) is 1.48. The van der Waals surface area contributed by atoms with Gasteiger partial charge in [0.1, 0.15) is 5.75 Å². The van der Waals surface area contributed by atoms with Crippen molar-refractivity contribution in [3.05, 3.63) is 29.3 Å². The second-order valence-electron chi connectivity index (χ2n) is 5.48. The highest BCUT2D eigenvalue weighted by Crippen LogP contribution is 2.46. The highest BCUT2D eigenvalue weighted by atomic mass is 16.6. The molecule has 3 rings (SSSR count). The van der Waals surface area contributed by atoms with Crippen LogP contribution in [-0.4, -0.2) is 31.6 Å². The molecule has 19 heavy (non-hydrogen) atoms. The summed E-state index contributed by atoms with van der Waals surface area (Å²) in [6, 6.07) is 6.57. The van der Waals surface area contributed by atoms with Crippen molar-refractivity contribution in [2.24, 2.45) is 5.92 Å². The summed E-state index contributed by atoms with van der Waals surface area (Å²) in [5.41, 5.74) is 2.55. The lowest BCUT2D eigenvalue weighted by Crippen LogP contribution is -2.27. The molecule has 0 bridgehead atoms. The number of carbonyl (C=O) groups excluding carboxylic acids is 1. The van der Waals surface area contributed by atoms with Crippen molar-refractivity contribution in [1.82, 2.24) is 10.2 Å². The largest absolute Gasteiger partial charge is 0.412 e. The molecule has 2 atom stereocenters. The monoisotopic (exact) mass is 260 g/mol. The van der Waals surface area contributed by atoms with Crippen LogP contribution in [0.3, 0.4) is 0 Å². The molecule has 1 saturated heterocycles. The van der Waals surface area contributed by atoms with E-state index in [1.165, 1.54) is 24.0 Å². The minimum atomic E-state index is -0.393. The minimum Gasteiger partial charge on any atom is -0.410 e. The summed E-state index contributed by atoms with van der Waals surface area (Å²) in [4.78, 5) is 13.8. The Morgan fingerprint density at radius 1 is 1.42 bits per heavy atom. The van der Waals surface area contributed by atoms with Crippen LogP contribution >= 0.6 is 0 Å². The van der Waals surface area contributed by atoms with Gasteiger partial charge in [0.05, 0.1) is 0 Å². The van der Waals surface area contributed by atoms with Gasteiger partial charge in [-0.25, -0.2) is 4.79 Å². The maximum Gasteiger partial charge on any atom is 0.412 e. The van der Waals surface area contributed by atoms with E-state index in [2.05, 4.69) is 23.3 Å². The number of hydrogen-bond acceptors (Lipinski definition) is 3. The first-order valence-corrected chi connectivity index (χ1v) is 6.92. The molecular weight excluding hydrogens is 240 g/mol. The van der Waals surface area contributed by atoms with E-state index >= 15 is 0 Å². The van der Waals surface area contributed by atoms with Crippen LogP contribution in [0.5, 0.6) is 5.75 Å². The van der Waals surface area contributed by atoms with Crippen LogP contribution in [0.4, 0.5) is 4.79 Å². The number of hydrogen-bond donors (Lipinski definition) is 1. The number of benzene rings is 1. The SMILES string of the molecule is CNC(=O)Oc1cccc2c1CC[C@@H]1CCN(C)[C@H]21. The lowest BCUT2D eigenvalue weighted by Gasteiger charge is -2.32. The van der Waals surface area contributed by atoms with Gasteiger partial charge in [0, 0.05) is 13.1 Å². The Labute approximate surface area is 113 Å². The number of rotatable bonds is 1. The van der Waals surface area contributed by atoms with Gasteiger partial charge < -0.3 is 10.1 Å². The quantitative estimate of drug-likeness (QED) is 0.842. The van der Waals surface area contributed by atoms with E-state index in [0.29, 0.717) is 6.04 Å². The lowest BCUT2D eigenvalue weighted by atomic mass is 9.80. The van der Waals surface area contributed by atoms with E-state index in [4.69, 9.17) is 4.74 Å². The number of fused-ring (bicyclic) bond motifs is 3. The molecule has 0 unspecified atom stereocenters. The first kappa shape index (κ1) is 12.5.